The molecule has 3 N–H and O–H groups in total. The second kappa shape index (κ2) is 8.35. The molecular formula is C18H18F2IN3O6S. The lowest BCUT2D eigenvalue weighted by atomic mass is 10.2. The Bertz CT molecular complexity index is 1210. The summed E-state index contributed by atoms with van der Waals surface area (Å²) in [5, 5.41) is 19.0. The number of aliphatic hydroxyl groups is 1. The first-order valence-corrected chi connectivity index (χ1v) is 11.5. The molecule has 1 saturated carbocycles. The van der Waals surface area contributed by atoms with E-state index < -0.39 is 61.9 Å². The first-order chi connectivity index (χ1) is 14.4. The summed E-state index contributed by atoms with van der Waals surface area (Å²) in [7, 11) is -3.16. The van der Waals surface area contributed by atoms with Crippen LogP contribution in [0.25, 0.3) is 0 Å². The first-order valence-electron chi connectivity index (χ1n) is 8.95. The third kappa shape index (κ3) is 4.25. The third-order valence-corrected chi connectivity index (χ3v) is 7.99. The second-order valence-electron chi connectivity index (χ2n) is 7.07. The molecule has 0 radical (unpaired) electrons. The number of aromatic nitrogens is 1. The zero-order valence-corrected chi connectivity index (χ0v) is 19.1. The summed E-state index contributed by atoms with van der Waals surface area (Å²) >= 11 is 1.82. The minimum atomic E-state index is -4.20. The summed E-state index contributed by atoms with van der Waals surface area (Å²) < 4.78 is 56.5. The molecule has 1 aromatic carbocycles. The quantitative estimate of drug-likeness (QED) is 0.440. The maximum absolute atomic E-state index is 14.6. The molecule has 0 spiro atoms. The largest absolute Gasteiger partial charge is 0.464 e. The highest BCUT2D eigenvalue weighted by molar-refractivity contribution is 14.1. The second-order valence-corrected chi connectivity index (χ2v) is 10.4. The highest BCUT2D eigenvalue weighted by Gasteiger charge is 2.54. The van der Waals surface area contributed by atoms with Crippen LogP contribution in [0.15, 0.2) is 29.1 Å². The maximum atomic E-state index is 14.6. The minimum Gasteiger partial charge on any atom is -0.464 e. The number of pyridine rings is 1. The van der Waals surface area contributed by atoms with Crippen molar-refractivity contribution in [2.45, 2.75) is 24.0 Å². The summed E-state index contributed by atoms with van der Waals surface area (Å²) in [4.78, 5) is 24.6. The molecule has 0 bridgehead atoms. The number of carboxylic acid groups (broad SMARTS) is 1. The number of hydrogen-bond donors (Lipinski definition) is 3. The van der Waals surface area contributed by atoms with Gasteiger partial charge in [-0.25, -0.2) is 26.9 Å². The summed E-state index contributed by atoms with van der Waals surface area (Å²) in [5.41, 5.74) is -2.26. The van der Waals surface area contributed by atoms with Crippen LogP contribution in [0.4, 0.5) is 30.8 Å². The summed E-state index contributed by atoms with van der Waals surface area (Å²) in [6.07, 6.45) is -1.29. The summed E-state index contributed by atoms with van der Waals surface area (Å²) in [5.74, 6) is -2.86. The molecule has 1 aliphatic rings. The summed E-state index contributed by atoms with van der Waals surface area (Å²) in [6.45, 7) is -0.398. The Morgan fingerprint density at radius 2 is 1.94 bits per heavy atom. The van der Waals surface area contributed by atoms with Gasteiger partial charge in [-0.1, -0.05) is 0 Å². The van der Waals surface area contributed by atoms with Crippen LogP contribution < -0.4 is 15.2 Å². The molecule has 3 rings (SSSR count). The molecule has 0 aliphatic heterocycles. The first kappa shape index (κ1) is 23.4. The molecule has 0 unspecified atom stereocenters. The Hall–Kier alpha value is -2.26. The molecule has 168 valence electrons. The van der Waals surface area contributed by atoms with E-state index in [9.17, 15) is 37.0 Å². The van der Waals surface area contributed by atoms with Crippen LogP contribution in [0.3, 0.4) is 0 Å². The monoisotopic (exact) mass is 569 g/mol. The van der Waals surface area contributed by atoms with Crippen LogP contribution in [0.5, 0.6) is 0 Å². The van der Waals surface area contributed by atoms with Crippen molar-refractivity contribution in [2.24, 2.45) is 7.05 Å². The third-order valence-electron chi connectivity index (χ3n) is 5.08. The van der Waals surface area contributed by atoms with Gasteiger partial charge in [-0.05, 0) is 60.1 Å². The van der Waals surface area contributed by atoms with Crippen LogP contribution in [0.1, 0.15) is 19.3 Å². The Morgan fingerprint density at radius 1 is 1.29 bits per heavy atom. The van der Waals surface area contributed by atoms with Crippen LogP contribution in [0, 0.1) is 15.2 Å². The number of halogens is 3. The average Bonchev–Trinajstić information content (AvgIpc) is 3.45. The number of nitrogens with one attached hydrogen (secondary N) is 1. The van der Waals surface area contributed by atoms with Crippen LogP contribution in [-0.4, -0.2) is 40.6 Å². The van der Waals surface area contributed by atoms with E-state index in [1.54, 1.807) is 0 Å². The van der Waals surface area contributed by atoms with E-state index in [-0.39, 0.29) is 19.3 Å². The standard InChI is InChI=1S/C18H18F2IN3O6S/c1-23-15(24(17(27)28)14-3-2-10(21)8-11(14)19)13(9-12(20)16(23)26)22-31(29,30)18(4-5-18)6-7-25/h2-3,8-9,22,25H,4-7H2,1H3,(H,27,28). The van der Waals surface area contributed by atoms with E-state index in [4.69, 9.17) is 0 Å². The van der Waals surface area contributed by atoms with Gasteiger partial charge in [0.15, 0.2) is 11.6 Å². The normalized spacial score (nSPS) is 14.9. The smallest absolute Gasteiger partial charge is 0.417 e. The number of rotatable bonds is 7. The van der Waals surface area contributed by atoms with Crippen molar-refractivity contribution in [2.75, 3.05) is 16.2 Å². The molecule has 0 saturated heterocycles. The SMILES string of the molecule is Cn1c(N(C(=O)O)c2ccc(I)cc2F)c(NS(=O)(=O)C2(CCO)CC2)cc(F)c1=O. The number of hydrogen-bond acceptors (Lipinski definition) is 5. The predicted molar refractivity (Wildman–Crippen MR) is 117 cm³/mol. The zero-order chi connectivity index (χ0) is 23.1. The fourth-order valence-electron chi connectivity index (χ4n) is 3.26. The lowest BCUT2D eigenvalue weighted by molar-refractivity contribution is 0.204. The van der Waals surface area contributed by atoms with E-state index >= 15 is 0 Å². The van der Waals surface area contributed by atoms with Gasteiger partial charge in [0.25, 0.3) is 5.56 Å². The number of carbonyl (C=O) groups is 1. The lowest BCUT2D eigenvalue weighted by Gasteiger charge is -2.26. The number of nitrogens with zero attached hydrogens (tertiary/aromatic N) is 2. The number of sulfonamides is 1. The van der Waals surface area contributed by atoms with Gasteiger partial charge in [-0.2, -0.15) is 0 Å². The molecule has 1 fully saturated rings. The van der Waals surface area contributed by atoms with Gasteiger partial charge in [0.05, 0.1) is 16.1 Å². The van der Waals surface area contributed by atoms with Crippen molar-refractivity contribution in [3.05, 3.63) is 49.8 Å². The predicted octanol–water partition coefficient (Wildman–Crippen LogP) is 2.74. The number of amides is 1. The molecule has 13 heteroatoms. The topological polar surface area (TPSA) is 129 Å². The van der Waals surface area contributed by atoms with Gasteiger partial charge in [0, 0.05) is 23.3 Å². The van der Waals surface area contributed by atoms with Crippen molar-refractivity contribution < 1.29 is 32.2 Å². The van der Waals surface area contributed by atoms with E-state index in [1.165, 1.54) is 6.07 Å². The molecular weight excluding hydrogens is 551 g/mol. The molecule has 1 aliphatic carbocycles. The average molecular weight is 569 g/mol. The zero-order valence-electron chi connectivity index (χ0n) is 16.1. The van der Waals surface area contributed by atoms with Crippen LogP contribution >= 0.6 is 22.6 Å². The van der Waals surface area contributed by atoms with Crippen LogP contribution in [-0.2, 0) is 17.1 Å². The lowest BCUT2D eigenvalue weighted by Crippen LogP contribution is -2.36. The fourth-order valence-corrected chi connectivity index (χ4v) is 5.36. The molecule has 2 aromatic rings. The Labute approximate surface area is 189 Å². The molecule has 1 aromatic heterocycles. The molecule has 0 atom stereocenters. The van der Waals surface area contributed by atoms with Gasteiger partial charge in [0.2, 0.25) is 10.0 Å². The Kier molecular flexibility index (Phi) is 6.30. The van der Waals surface area contributed by atoms with Gasteiger partial charge >= 0.3 is 6.09 Å². The molecule has 31 heavy (non-hydrogen) atoms. The van der Waals surface area contributed by atoms with Gasteiger partial charge < -0.3 is 10.2 Å². The van der Waals surface area contributed by atoms with Crippen molar-refractivity contribution in [1.29, 1.82) is 0 Å². The number of anilines is 3. The van der Waals surface area contributed by atoms with E-state index in [0.717, 1.165) is 19.2 Å². The van der Waals surface area contributed by atoms with Crippen molar-refractivity contribution >= 4 is 55.9 Å². The van der Waals surface area contributed by atoms with E-state index in [0.29, 0.717) is 19.1 Å². The number of aliphatic hydroxyl groups excluding tert-OH is 1. The highest BCUT2D eigenvalue weighted by atomic mass is 127. The molecule has 9 nitrogen and oxygen atoms in total. The van der Waals surface area contributed by atoms with Crippen LogP contribution in [0.2, 0.25) is 0 Å². The highest BCUT2D eigenvalue weighted by Crippen LogP contribution is 2.47. The summed E-state index contributed by atoms with van der Waals surface area (Å²) in [6, 6.07) is 4.18. The van der Waals surface area contributed by atoms with Gasteiger partial charge in [-0.3, -0.25) is 14.1 Å². The molecule has 1 heterocycles. The van der Waals surface area contributed by atoms with Crippen molar-refractivity contribution in [3.8, 4) is 0 Å². The van der Waals surface area contributed by atoms with E-state index in [2.05, 4.69) is 4.72 Å². The maximum Gasteiger partial charge on any atom is 0.417 e. The minimum absolute atomic E-state index is 0.0691. The van der Waals surface area contributed by atoms with Gasteiger partial charge in [0.1, 0.15) is 5.82 Å². The van der Waals surface area contributed by atoms with Crippen molar-refractivity contribution in [3.63, 3.8) is 0 Å². The Balaban J connectivity index is 2.22. The fraction of sp³-hybridized carbons (Fsp3) is 0.333. The number of benzene rings is 1. The van der Waals surface area contributed by atoms with E-state index in [1.807, 2.05) is 22.6 Å². The van der Waals surface area contributed by atoms with Crippen molar-refractivity contribution in [1.82, 2.24) is 4.57 Å². The van der Waals surface area contributed by atoms with Gasteiger partial charge in [-0.15, -0.1) is 0 Å². The molecule has 1 amide bonds. The Morgan fingerprint density at radius 3 is 2.45 bits per heavy atom.